The molecule has 3 rings (SSSR count). The number of carbonyl (C=O) groups excluding carboxylic acids is 2. The summed E-state index contributed by atoms with van der Waals surface area (Å²) in [6.07, 6.45) is -0.183. The highest BCUT2D eigenvalue weighted by molar-refractivity contribution is 7.91. The quantitative estimate of drug-likeness (QED) is 0.625. The second kappa shape index (κ2) is 11.0. The van der Waals surface area contributed by atoms with Gasteiger partial charge >= 0.3 is 6.09 Å². The summed E-state index contributed by atoms with van der Waals surface area (Å²) in [5, 5.41) is 13.1. The minimum absolute atomic E-state index is 0.0605. The highest BCUT2D eigenvalue weighted by Gasteiger charge is 2.36. The first-order valence-corrected chi connectivity index (χ1v) is 11.2. The van der Waals surface area contributed by atoms with Crippen LogP contribution >= 0.6 is 0 Å². The zero-order valence-corrected chi connectivity index (χ0v) is 17.4. The summed E-state index contributed by atoms with van der Waals surface area (Å²) >= 11 is -1.35. The summed E-state index contributed by atoms with van der Waals surface area (Å²) in [7, 11) is 0. The van der Waals surface area contributed by atoms with Gasteiger partial charge in [0.05, 0.1) is 6.04 Å². The largest absolute Gasteiger partial charge is 0.611 e. The Morgan fingerprint density at radius 2 is 1.83 bits per heavy atom. The van der Waals surface area contributed by atoms with E-state index in [0.29, 0.717) is 17.9 Å². The minimum atomic E-state index is -1.35. The van der Waals surface area contributed by atoms with E-state index in [2.05, 4.69) is 5.32 Å². The molecule has 1 heterocycles. The Kier molecular flexibility index (Phi) is 8.12. The van der Waals surface area contributed by atoms with Gasteiger partial charge < -0.3 is 24.6 Å². The normalized spacial score (nSPS) is 17.9. The zero-order chi connectivity index (χ0) is 21.3. The van der Waals surface area contributed by atoms with E-state index < -0.39 is 29.4 Å². The molecule has 2 unspecified atom stereocenters. The Morgan fingerprint density at radius 3 is 2.53 bits per heavy atom. The summed E-state index contributed by atoms with van der Waals surface area (Å²) in [5.74, 6) is -0.232. The topological polar surface area (TPSA) is 102 Å². The Hall–Kier alpha value is -2.55. The molecule has 2 aromatic carbocycles. The van der Waals surface area contributed by atoms with Gasteiger partial charge in [-0.3, -0.25) is 4.79 Å². The van der Waals surface area contributed by atoms with Crippen LogP contribution in [0.2, 0.25) is 0 Å². The summed E-state index contributed by atoms with van der Waals surface area (Å²) in [4.78, 5) is 26.6. The van der Waals surface area contributed by atoms with Crippen LogP contribution in [0, 0.1) is 0 Å². The van der Waals surface area contributed by atoms with Crippen LogP contribution in [0.5, 0.6) is 0 Å². The number of benzene rings is 2. The van der Waals surface area contributed by atoms with Gasteiger partial charge in [-0.1, -0.05) is 48.5 Å². The smallest absolute Gasteiger partial charge is 0.407 e. The van der Waals surface area contributed by atoms with Crippen LogP contribution in [-0.4, -0.2) is 57.5 Å². The number of aliphatic hydroxyl groups is 1. The molecule has 0 saturated carbocycles. The van der Waals surface area contributed by atoms with Gasteiger partial charge in [-0.2, -0.15) is 0 Å². The van der Waals surface area contributed by atoms with Gasteiger partial charge in [-0.25, -0.2) is 4.79 Å². The average Bonchev–Trinajstić information content (AvgIpc) is 3.27. The fourth-order valence-corrected chi connectivity index (χ4v) is 4.65. The van der Waals surface area contributed by atoms with Crippen molar-refractivity contribution in [1.29, 1.82) is 0 Å². The van der Waals surface area contributed by atoms with Gasteiger partial charge in [0.2, 0.25) is 5.91 Å². The van der Waals surface area contributed by atoms with Gasteiger partial charge in [0, 0.05) is 6.54 Å². The molecule has 2 N–H and O–H groups in total. The number of ether oxygens (including phenoxy) is 1. The van der Waals surface area contributed by atoms with Crippen molar-refractivity contribution < 1.29 is 24.0 Å². The van der Waals surface area contributed by atoms with Crippen LogP contribution in [-0.2, 0) is 27.3 Å². The van der Waals surface area contributed by atoms with Crippen LogP contribution in [0.4, 0.5) is 4.79 Å². The first-order valence-electron chi connectivity index (χ1n) is 9.90. The number of aliphatic hydroxyl groups excluding tert-OH is 1. The molecule has 2 aromatic rings. The summed E-state index contributed by atoms with van der Waals surface area (Å²) in [6, 6.07) is 17.8. The molecule has 1 fully saturated rings. The Balaban J connectivity index is 1.45. The Morgan fingerprint density at radius 1 is 1.17 bits per heavy atom. The van der Waals surface area contributed by atoms with Crippen molar-refractivity contribution in [1.82, 2.24) is 10.2 Å². The molecular formula is C22H26N2O5S. The molecule has 0 bridgehead atoms. The molecule has 7 nitrogen and oxygen atoms in total. The van der Waals surface area contributed by atoms with Crippen molar-refractivity contribution in [3.63, 3.8) is 0 Å². The van der Waals surface area contributed by atoms with E-state index in [9.17, 15) is 19.2 Å². The highest BCUT2D eigenvalue weighted by Crippen LogP contribution is 2.23. The van der Waals surface area contributed by atoms with Gasteiger partial charge in [0.1, 0.15) is 25.0 Å². The number of carbonyl (C=O) groups is 2. The second-order valence-corrected chi connectivity index (χ2v) is 8.60. The average molecular weight is 431 g/mol. The molecule has 0 spiro atoms. The van der Waals surface area contributed by atoms with Crippen molar-refractivity contribution in [3.8, 4) is 0 Å². The molecule has 1 aliphatic heterocycles. The van der Waals surface area contributed by atoms with Gasteiger partial charge in [-0.05, 0) is 41.7 Å². The zero-order valence-electron chi connectivity index (χ0n) is 16.6. The van der Waals surface area contributed by atoms with Crippen molar-refractivity contribution in [3.05, 3.63) is 66.2 Å². The third kappa shape index (κ3) is 6.22. The number of nitrogens with zero attached hydrogens (tertiary/aromatic N) is 1. The minimum Gasteiger partial charge on any atom is -0.611 e. The van der Waals surface area contributed by atoms with Crippen LogP contribution in [0.25, 0.3) is 0 Å². The fourth-order valence-electron chi connectivity index (χ4n) is 3.46. The molecule has 8 heteroatoms. The van der Waals surface area contributed by atoms with Crippen molar-refractivity contribution in [2.24, 2.45) is 0 Å². The molecular weight excluding hydrogens is 404 g/mol. The van der Waals surface area contributed by atoms with E-state index >= 15 is 0 Å². The molecule has 0 aromatic heterocycles. The number of nitrogens with one attached hydrogen (secondary N) is 1. The molecule has 1 saturated heterocycles. The summed E-state index contributed by atoms with van der Waals surface area (Å²) in [6.45, 7) is 0.412. The molecule has 30 heavy (non-hydrogen) atoms. The maximum atomic E-state index is 12.6. The third-order valence-corrected chi connectivity index (χ3v) is 6.43. The maximum absolute atomic E-state index is 12.6. The number of hydrogen-bond donors (Lipinski definition) is 2. The predicted molar refractivity (Wildman–Crippen MR) is 113 cm³/mol. The number of rotatable bonds is 8. The lowest BCUT2D eigenvalue weighted by molar-refractivity contribution is -0.132. The van der Waals surface area contributed by atoms with Gasteiger partial charge in [-0.15, -0.1) is 0 Å². The molecule has 0 aliphatic carbocycles. The third-order valence-electron chi connectivity index (χ3n) is 4.99. The lowest BCUT2D eigenvalue weighted by Gasteiger charge is -2.29. The second-order valence-electron chi connectivity index (χ2n) is 7.10. The number of amides is 2. The van der Waals surface area contributed by atoms with Crippen molar-refractivity contribution >= 4 is 23.2 Å². The number of alkyl carbamates (subject to hydrolysis) is 1. The summed E-state index contributed by atoms with van der Waals surface area (Å²) < 4.78 is 17.6. The molecule has 1 aliphatic rings. The van der Waals surface area contributed by atoms with E-state index in [0.717, 1.165) is 12.0 Å². The lowest BCUT2D eigenvalue weighted by atomic mass is 10.1. The molecule has 160 valence electrons. The lowest BCUT2D eigenvalue weighted by Crippen LogP contribution is -2.48. The van der Waals surface area contributed by atoms with Crippen molar-refractivity contribution in [2.45, 2.75) is 36.5 Å². The van der Waals surface area contributed by atoms with E-state index in [1.807, 2.05) is 36.4 Å². The van der Waals surface area contributed by atoms with Gasteiger partial charge in [0.15, 0.2) is 4.90 Å². The molecule has 0 radical (unpaired) electrons. The predicted octanol–water partition coefficient (Wildman–Crippen LogP) is 2.07. The van der Waals surface area contributed by atoms with E-state index in [1.54, 1.807) is 29.2 Å². The SMILES string of the molecule is O=C(NCC(=O)N1CCC[C@H]1C(O)C[S+]([O-])c1ccccc1)OCc1ccccc1. The fraction of sp³-hybridized carbons (Fsp3) is 0.364. The van der Waals surface area contributed by atoms with E-state index in [4.69, 9.17) is 4.74 Å². The van der Waals surface area contributed by atoms with Crippen LogP contribution < -0.4 is 5.32 Å². The molecule has 3 atom stereocenters. The standard InChI is InChI=1S/C22H26N2O5S/c25-20(16-30(28)18-10-5-2-6-11-18)19-12-7-13-24(19)21(26)14-23-22(27)29-15-17-8-3-1-4-9-17/h1-6,8-11,19-20,25H,7,12-16H2,(H,23,27)/t19-,20?,30?/m0/s1. The highest BCUT2D eigenvalue weighted by atomic mass is 32.2. The van der Waals surface area contributed by atoms with Crippen molar-refractivity contribution in [2.75, 3.05) is 18.8 Å². The van der Waals surface area contributed by atoms with E-state index in [-0.39, 0.29) is 24.8 Å². The Labute approximate surface area is 179 Å². The van der Waals surface area contributed by atoms with E-state index in [1.165, 1.54) is 0 Å². The van der Waals surface area contributed by atoms with Gasteiger partial charge in [0.25, 0.3) is 0 Å². The first kappa shape index (κ1) is 22.1. The summed E-state index contributed by atoms with van der Waals surface area (Å²) in [5.41, 5.74) is 0.855. The number of hydrogen-bond acceptors (Lipinski definition) is 5. The van der Waals surface area contributed by atoms with Crippen LogP contribution in [0.1, 0.15) is 18.4 Å². The maximum Gasteiger partial charge on any atom is 0.407 e. The molecule has 2 amide bonds. The number of likely N-dealkylation sites (tertiary alicyclic amines) is 1. The Bertz CT molecular complexity index is 821. The monoisotopic (exact) mass is 430 g/mol. The first-order chi connectivity index (χ1) is 14.5. The van der Waals surface area contributed by atoms with Crippen LogP contribution in [0.15, 0.2) is 65.6 Å². The van der Waals surface area contributed by atoms with Crippen LogP contribution in [0.3, 0.4) is 0 Å².